The van der Waals surface area contributed by atoms with Crippen molar-refractivity contribution in [2.45, 2.75) is 6.42 Å². The van der Waals surface area contributed by atoms with E-state index in [4.69, 9.17) is 32.5 Å². The number of benzene rings is 3. The Morgan fingerprint density at radius 1 is 1.09 bits per heavy atom. The number of thiocarbonyl (C=S) groups is 1. The Balaban J connectivity index is 1.22. The summed E-state index contributed by atoms with van der Waals surface area (Å²) in [4.78, 5) is 32.2. The van der Waals surface area contributed by atoms with Crippen LogP contribution in [0.1, 0.15) is 21.5 Å². The number of amides is 1. The zero-order chi connectivity index (χ0) is 30.6. The first-order valence-corrected chi connectivity index (χ1v) is 15.6. The van der Waals surface area contributed by atoms with Crippen LogP contribution in [0.15, 0.2) is 71.8 Å². The number of aromatic carboxylic acids is 1. The smallest absolute Gasteiger partial charge is 0.335 e. The Morgan fingerprint density at radius 3 is 2.66 bits per heavy atom. The van der Waals surface area contributed by atoms with Crippen molar-refractivity contribution in [3.8, 4) is 16.9 Å². The van der Waals surface area contributed by atoms with E-state index in [9.17, 15) is 9.59 Å². The van der Waals surface area contributed by atoms with E-state index in [1.165, 1.54) is 11.8 Å². The molecule has 0 unspecified atom stereocenters. The summed E-state index contributed by atoms with van der Waals surface area (Å²) in [6.45, 7) is 5.01. The number of carboxylic acid groups (broad SMARTS) is 1. The van der Waals surface area contributed by atoms with Crippen LogP contribution >= 0.6 is 24.0 Å². The average Bonchev–Trinajstić information content (AvgIpc) is 3.61. The lowest BCUT2D eigenvalue weighted by atomic mass is 9.99. The maximum absolute atomic E-state index is 13.4. The number of ether oxygens (including phenoxy) is 2. The molecule has 4 N–H and O–H groups in total. The first-order chi connectivity index (χ1) is 21.4. The lowest BCUT2D eigenvalue weighted by Gasteiger charge is -2.26. The zero-order valence-corrected chi connectivity index (χ0v) is 25.6. The molecule has 0 saturated carbocycles. The van der Waals surface area contributed by atoms with E-state index in [2.05, 4.69) is 16.0 Å². The number of carbonyl (C=O) groups excluding carboxylic acids is 1. The van der Waals surface area contributed by atoms with Crippen molar-refractivity contribution in [3.05, 3.63) is 88.5 Å². The highest BCUT2D eigenvalue weighted by Crippen LogP contribution is 2.38. The molecule has 0 aliphatic carbocycles. The lowest BCUT2D eigenvalue weighted by Crippen LogP contribution is -2.38. The third-order valence-electron chi connectivity index (χ3n) is 7.77. The number of hydrogen-bond donors (Lipinski definition) is 3. The number of aromatic nitrogens is 1. The fourth-order valence-electron chi connectivity index (χ4n) is 5.35. The van der Waals surface area contributed by atoms with Crippen LogP contribution in [0.25, 0.3) is 28.1 Å². The van der Waals surface area contributed by atoms with E-state index in [-0.39, 0.29) is 11.5 Å². The molecule has 0 bridgehead atoms. The minimum atomic E-state index is -0.970. The molecule has 0 atom stereocenters. The van der Waals surface area contributed by atoms with E-state index < -0.39 is 5.97 Å². The molecular weight excluding hydrogens is 597 g/mol. The highest BCUT2D eigenvalue weighted by atomic mass is 32.2. The van der Waals surface area contributed by atoms with Crippen LogP contribution in [0.2, 0.25) is 0 Å². The first-order valence-electron chi connectivity index (χ1n) is 14.4. The lowest BCUT2D eigenvalue weighted by molar-refractivity contribution is -0.122. The molecule has 2 aliphatic heterocycles. The van der Waals surface area contributed by atoms with Gasteiger partial charge in [-0.25, -0.2) is 4.79 Å². The van der Waals surface area contributed by atoms with Gasteiger partial charge in [-0.1, -0.05) is 42.2 Å². The summed E-state index contributed by atoms with van der Waals surface area (Å²) in [7, 11) is 0. The monoisotopic (exact) mass is 628 g/mol. The maximum Gasteiger partial charge on any atom is 0.335 e. The Hall–Kier alpha value is -4.16. The van der Waals surface area contributed by atoms with Crippen LogP contribution < -0.4 is 10.5 Å². The van der Waals surface area contributed by atoms with Crippen molar-refractivity contribution >= 4 is 62.8 Å². The van der Waals surface area contributed by atoms with Gasteiger partial charge in [0.2, 0.25) is 0 Å². The van der Waals surface area contributed by atoms with Gasteiger partial charge in [0, 0.05) is 43.3 Å². The minimum absolute atomic E-state index is 0.146. The van der Waals surface area contributed by atoms with Gasteiger partial charge in [-0.3, -0.25) is 14.6 Å². The van der Waals surface area contributed by atoms with Gasteiger partial charge in [0.05, 0.1) is 34.9 Å². The molecular formula is C33H32N4O5S2. The second kappa shape index (κ2) is 13.2. The van der Waals surface area contributed by atoms with Crippen LogP contribution in [0.4, 0.5) is 5.69 Å². The van der Waals surface area contributed by atoms with Crippen LogP contribution in [-0.4, -0.2) is 82.1 Å². The summed E-state index contributed by atoms with van der Waals surface area (Å²) in [6.07, 6.45) is 4.29. The highest BCUT2D eigenvalue weighted by molar-refractivity contribution is 8.26. The third kappa shape index (κ3) is 6.66. The number of carboxylic acids is 1. The fourth-order valence-corrected chi connectivity index (χ4v) is 6.66. The predicted molar refractivity (Wildman–Crippen MR) is 178 cm³/mol. The van der Waals surface area contributed by atoms with Crippen molar-refractivity contribution in [2.75, 3.05) is 51.7 Å². The second-order valence-electron chi connectivity index (χ2n) is 10.7. The van der Waals surface area contributed by atoms with Gasteiger partial charge < -0.3 is 25.3 Å². The second-order valence-corrected chi connectivity index (χ2v) is 12.3. The quantitative estimate of drug-likeness (QED) is 0.123. The predicted octanol–water partition coefficient (Wildman–Crippen LogP) is 5.27. The van der Waals surface area contributed by atoms with Crippen molar-refractivity contribution in [1.29, 1.82) is 0 Å². The Morgan fingerprint density at radius 2 is 1.89 bits per heavy atom. The molecule has 226 valence electrons. The molecule has 11 heteroatoms. The van der Waals surface area contributed by atoms with Crippen molar-refractivity contribution in [3.63, 3.8) is 0 Å². The number of rotatable bonds is 10. The Kier molecular flexibility index (Phi) is 8.99. The van der Waals surface area contributed by atoms with Gasteiger partial charge in [-0.2, -0.15) is 0 Å². The summed E-state index contributed by atoms with van der Waals surface area (Å²) in [5.41, 5.74) is 11.7. The maximum atomic E-state index is 13.4. The SMILES string of the molecule is Nc1cc(-c2cc(C=C3SC(=S)N(CCc4ccc(C(=O)O)cc4)C3=O)ccc2OCCN2CCOCC2)cc2cc[nH]c12. The molecule has 9 nitrogen and oxygen atoms in total. The van der Waals surface area contributed by atoms with Gasteiger partial charge in [0.25, 0.3) is 5.91 Å². The van der Waals surface area contributed by atoms with Gasteiger partial charge in [0.15, 0.2) is 0 Å². The molecule has 2 aliphatic rings. The molecule has 1 aromatic heterocycles. The van der Waals surface area contributed by atoms with Crippen molar-refractivity contribution in [1.82, 2.24) is 14.8 Å². The largest absolute Gasteiger partial charge is 0.492 e. The molecule has 44 heavy (non-hydrogen) atoms. The van der Waals surface area contributed by atoms with Gasteiger partial charge in [-0.05, 0) is 71.7 Å². The molecule has 3 aromatic carbocycles. The third-order valence-corrected chi connectivity index (χ3v) is 9.15. The van der Waals surface area contributed by atoms with Crippen LogP contribution in [0, 0.1) is 0 Å². The molecule has 0 radical (unpaired) electrons. The van der Waals surface area contributed by atoms with E-state index >= 15 is 0 Å². The number of morpholine rings is 1. The zero-order valence-electron chi connectivity index (χ0n) is 24.0. The standard InChI is InChI=1S/C33H32N4O5S2/c34-27-20-25(19-24-7-9-35-30(24)27)26-17-22(3-6-28(26)42-16-13-36-11-14-41-15-12-36)18-29-31(38)37(33(43)44-29)10-8-21-1-4-23(5-2-21)32(39)40/h1-7,9,17-20,35H,8,10-16,34H2,(H,39,40). The number of carbonyl (C=O) groups is 2. The number of H-pyrrole nitrogens is 1. The van der Waals surface area contributed by atoms with Crippen molar-refractivity contribution in [2.24, 2.45) is 0 Å². The number of thioether (sulfide) groups is 1. The summed E-state index contributed by atoms with van der Waals surface area (Å²) in [6, 6.07) is 18.6. The number of nitrogens with one attached hydrogen (secondary N) is 1. The molecule has 1 amide bonds. The topological polar surface area (TPSA) is 121 Å². The number of nitrogens with zero attached hydrogens (tertiary/aromatic N) is 2. The van der Waals surface area contributed by atoms with Gasteiger partial charge in [0.1, 0.15) is 16.7 Å². The summed E-state index contributed by atoms with van der Waals surface area (Å²) >= 11 is 6.84. The van der Waals surface area contributed by atoms with Crippen LogP contribution in [0.3, 0.4) is 0 Å². The fraction of sp³-hybridized carbons (Fsp3) is 0.242. The van der Waals surface area contributed by atoms with E-state index in [0.717, 1.165) is 71.8 Å². The molecule has 0 spiro atoms. The minimum Gasteiger partial charge on any atom is -0.492 e. The van der Waals surface area contributed by atoms with E-state index in [0.29, 0.717) is 34.5 Å². The number of nitrogens with two attached hydrogens (primary N) is 1. The first kappa shape index (κ1) is 29.9. The average molecular weight is 629 g/mol. The summed E-state index contributed by atoms with van der Waals surface area (Å²) in [5, 5.41) is 10.1. The summed E-state index contributed by atoms with van der Waals surface area (Å²) in [5.74, 6) is -0.374. The summed E-state index contributed by atoms with van der Waals surface area (Å²) < 4.78 is 12.3. The number of aromatic amines is 1. The van der Waals surface area contributed by atoms with Crippen molar-refractivity contribution < 1.29 is 24.2 Å². The Labute approximate surface area is 264 Å². The Bertz CT molecular complexity index is 1740. The molecule has 6 rings (SSSR count). The van der Waals surface area contributed by atoms with Gasteiger partial charge in [-0.15, -0.1) is 0 Å². The van der Waals surface area contributed by atoms with E-state index in [1.54, 1.807) is 29.2 Å². The highest BCUT2D eigenvalue weighted by Gasteiger charge is 2.31. The van der Waals surface area contributed by atoms with Crippen LogP contribution in [-0.2, 0) is 16.0 Å². The molecule has 2 fully saturated rings. The number of fused-ring (bicyclic) bond motifs is 1. The van der Waals surface area contributed by atoms with E-state index in [1.807, 2.05) is 42.6 Å². The molecule has 2 saturated heterocycles. The van der Waals surface area contributed by atoms with Crippen LogP contribution in [0.5, 0.6) is 5.75 Å². The molecule has 4 aromatic rings. The number of anilines is 1. The molecule has 3 heterocycles. The number of hydrogen-bond acceptors (Lipinski definition) is 8. The van der Waals surface area contributed by atoms with Gasteiger partial charge >= 0.3 is 5.97 Å². The normalized spacial score (nSPS) is 16.7. The number of nitrogen functional groups attached to an aromatic ring is 1.